The number of amides is 2. The predicted molar refractivity (Wildman–Crippen MR) is 108 cm³/mol. The maximum atomic E-state index is 12.6. The maximum absolute atomic E-state index is 12.6. The van der Waals surface area contributed by atoms with Crippen LogP contribution < -0.4 is 10.6 Å². The van der Waals surface area contributed by atoms with Crippen molar-refractivity contribution in [1.29, 1.82) is 0 Å². The number of carbonyl (C=O) groups excluding carboxylic acids is 2. The molecule has 0 aliphatic carbocycles. The smallest absolute Gasteiger partial charge is 0.276 e. The molecule has 0 saturated heterocycles. The Morgan fingerprint density at radius 2 is 1.81 bits per heavy atom. The summed E-state index contributed by atoms with van der Waals surface area (Å²) in [6, 6.07) is 16.1. The molecule has 27 heavy (non-hydrogen) atoms. The molecule has 0 aliphatic heterocycles. The Bertz CT molecular complexity index is 981. The predicted octanol–water partition coefficient (Wildman–Crippen LogP) is 4.03. The number of anilines is 1. The molecule has 0 aliphatic rings. The lowest BCUT2D eigenvalue weighted by molar-refractivity contribution is 0.0944. The lowest BCUT2D eigenvalue weighted by Gasteiger charge is -2.12. The van der Waals surface area contributed by atoms with Crippen molar-refractivity contribution >= 4 is 33.4 Å². The Labute approximate surface area is 165 Å². The van der Waals surface area contributed by atoms with E-state index >= 15 is 0 Å². The molecule has 7 heteroatoms. The van der Waals surface area contributed by atoms with Crippen molar-refractivity contribution in [2.45, 2.75) is 19.9 Å². The Morgan fingerprint density at radius 1 is 1.04 bits per heavy atom. The number of nitrogens with zero attached hydrogens (tertiary/aromatic N) is 2. The number of hydrogen-bond acceptors (Lipinski definition) is 3. The van der Waals surface area contributed by atoms with Gasteiger partial charge in [0.1, 0.15) is 0 Å². The van der Waals surface area contributed by atoms with Crippen LogP contribution in [0.5, 0.6) is 0 Å². The number of carbonyl (C=O) groups is 2. The average Bonchev–Trinajstić information content (AvgIpc) is 3.12. The number of halogens is 1. The highest BCUT2D eigenvalue weighted by Gasteiger charge is 2.16. The number of aromatic nitrogens is 2. The van der Waals surface area contributed by atoms with Crippen molar-refractivity contribution in [3.8, 4) is 5.69 Å². The van der Waals surface area contributed by atoms with Gasteiger partial charge in [0.2, 0.25) is 0 Å². The molecule has 0 fully saturated rings. The van der Waals surface area contributed by atoms with Gasteiger partial charge in [0.15, 0.2) is 5.69 Å². The van der Waals surface area contributed by atoms with Crippen molar-refractivity contribution < 1.29 is 9.59 Å². The molecule has 0 spiro atoms. The van der Waals surface area contributed by atoms with E-state index in [1.165, 1.54) is 0 Å². The summed E-state index contributed by atoms with van der Waals surface area (Å²) >= 11 is 3.42. The summed E-state index contributed by atoms with van der Waals surface area (Å²) < 4.78 is 2.54. The molecular formula is C20H19BrN4O2. The Hall–Kier alpha value is -2.93. The minimum absolute atomic E-state index is 0.00199. The summed E-state index contributed by atoms with van der Waals surface area (Å²) in [4.78, 5) is 24.9. The second-order valence-corrected chi connectivity index (χ2v) is 7.17. The number of hydrogen-bond donors (Lipinski definition) is 2. The van der Waals surface area contributed by atoms with Gasteiger partial charge in [0.25, 0.3) is 11.8 Å². The van der Waals surface area contributed by atoms with E-state index in [0.717, 1.165) is 10.2 Å². The van der Waals surface area contributed by atoms with Gasteiger partial charge in [-0.3, -0.25) is 9.59 Å². The van der Waals surface area contributed by atoms with Crippen molar-refractivity contribution in [1.82, 2.24) is 15.1 Å². The number of nitrogens with one attached hydrogen (secondary N) is 2. The van der Waals surface area contributed by atoms with Crippen LogP contribution in [0.25, 0.3) is 5.69 Å². The molecule has 2 N–H and O–H groups in total. The van der Waals surface area contributed by atoms with E-state index in [0.29, 0.717) is 11.3 Å². The number of rotatable bonds is 5. The van der Waals surface area contributed by atoms with Gasteiger partial charge in [-0.15, -0.1) is 0 Å². The van der Waals surface area contributed by atoms with Gasteiger partial charge in [-0.2, -0.15) is 5.10 Å². The highest BCUT2D eigenvalue weighted by Crippen LogP contribution is 2.18. The van der Waals surface area contributed by atoms with Gasteiger partial charge in [0.05, 0.1) is 16.9 Å². The van der Waals surface area contributed by atoms with Crippen LogP contribution in [0.1, 0.15) is 34.7 Å². The van der Waals surface area contributed by atoms with Crippen molar-refractivity contribution in [2.75, 3.05) is 5.32 Å². The summed E-state index contributed by atoms with van der Waals surface area (Å²) in [5.41, 5.74) is 1.94. The van der Waals surface area contributed by atoms with E-state index in [9.17, 15) is 9.59 Å². The van der Waals surface area contributed by atoms with E-state index in [2.05, 4.69) is 31.7 Å². The molecule has 0 bridgehead atoms. The van der Waals surface area contributed by atoms with Crippen LogP contribution in [-0.4, -0.2) is 27.6 Å². The highest BCUT2D eigenvalue weighted by molar-refractivity contribution is 9.10. The third kappa shape index (κ3) is 4.62. The molecule has 6 nitrogen and oxygen atoms in total. The van der Waals surface area contributed by atoms with E-state index in [4.69, 9.17) is 0 Å². The lowest BCUT2D eigenvalue weighted by atomic mass is 10.1. The molecule has 1 heterocycles. The summed E-state index contributed by atoms with van der Waals surface area (Å²) in [6.07, 6.45) is 1.72. The zero-order chi connectivity index (χ0) is 19.4. The van der Waals surface area contributed by atoms with Crippen LogP contribution in [0.15, 0.2) is 65.3 Å². The monoisotopic (exact) mass is 426 g/mol. The molecule has 0 atom stereocenters. The molecule has 138 valence electrons. The fourth-order valence-electron chi connectivity index (χ4n) is 2.52. The van der Waals surface area contributed by atoms with Crippen LogP contribution in [0.4, 0.5) is 5.69 Å². The molecule has 3 rings (SSSR count). The van der Waals surface area contributed by atoms with E-state index < -0.39 is 0 Å². The first-order valence-corrected chi connectivity index (χ1v) is 9.26. The Kier molecular flexibility index (Phi) is 5.71. The zero-order valence-electron chi connectivity index (χ0n) is 14.9. The van der Waals surface area contributed by atoms with E-state index in [-0.39, 0.29) is 23.6 Å². The van der Waals surface area contributed by atoms with Gasteiger partial charge in [-0.25, -0.2) is 4.68 Å². The number of benzene rings is 2. The third-order valence-corrected chi connectivity index (χ3v) is 4.23. The summed E-state index contributed by atoms with van der Waals surface area (Å²) in [6.45, 7) is 3.77. The van der Waals surface area contributed by atoms with Gasteiger partial charge in [-0.1, -0.05) is 34.1 Å². The van der Waals surface area contributed by atoms with Gasteiger partial charge >= 0.3 is 0 Å². The first kappa shape index (κ1) is 18.8. The topological polar surface area (TPSA) is 76.0 Å². The molecule has 0 unspecified atom stereocenters. The first-order valence-electron chi connectivity index (χ1n) is 8.47. The van der Waals surface area contributed by atoms with Crippen LogP contribution in [0, 0.1) is 0 Å². The second kappa shape index (κ2) is 8.18. The minimum atomic E-state index is -0.381. The molecule has 0 radical (unpaired) electrons. The van der Waals surface area contributed by atoms with Gasteiger partial charge in [-0.05, 0) is 50.2 Å². The summed E-state index contributed by atoms with van der Waals surface area (Å²) in [5.74, 6) is -0.617. The van der Waals surface area contributed by atoms with Crippen molar-refractivity contribution in [3.63, 3.8) is 0 Å². The van der Waals surface area contributed by atoms with Crippen molar-refractivity contribution in [3.05, 3.63) is 76.5 Å². The van der Waals surface area contributed by atoms with Crippen LogP contribution in [0.3, 0.4) is 0 Å². The van der Waals surface area contributed by atoms with Gasteiger partial charge < -0.3 is 10.6 Å². The first-order chi connectivity index (χ1) is 12.9. The third-order valence-electron chi connectivity index (χ3n) is 3.73. The Morgan fingerprint density at radius 3 is 2.56 bits per heavy atom. The zero-order valence-corrected chi connectivity index (χ0v) is 16.5. The quantitative estimate of drug-likeness (QED) is 0.646. The average molecular weight is 427 g/mol. The van der Waals surface area contributed by atoms with Gasteiger partial charge in [0, 0.05) is 16.7 Å². The molecule has 3 aromatic rings. The van der Waals surface area contributed by atoms with Crippen LogP contribution >= 0.6 is 15.9 Å². The van der Waals surface area contributed by atoms with E-state index in [1.807, 2.05) is 38.1 Å². The lowest BCUT2D eigenvalue weighted by Crippen LogP contribution is -2.31. The summed E-state index contributed by atoms with van der Waals surface area (Å²) in [5, 5.41) is 9.93. The van der Waals surface area contributed by atoms with E-state index in [1.54, 1.807) is 41.2 Å². The normalized spacial score (nSPS) is 10.7. The van der Waals surface area contributed by atoms with Crippen LogP contribution in [0.2, 0.25) is 0 Å². The SMILES string of the molecule is CC(C)NC(=O)c1ccccc1NC(=O)c1ccn(-c2cccc(Br)c2)n1. The molecule has 0 saturated carbocycles. The largest absolute Gasteiger partial charge is 0.350 e. The molecule has 2 aromatic carbocycles. The fourth-order valence-corrected chi connectivity index (χ4v) is 2.91. The highest BCUT2D eigenvalue weighted by atomic mass is 79.9. The maximum Gasteiger partial charge on any atom is 0.276 e. The minimum Gasteiger partial charge on any atom is -0.350 e. The molecule has 1 aromatic heterocycles. The molecule has 2 amide bonds. The van der Waals surface area contributed by atoms with Crippen LogP contribution in [-0.2, 0) is 0 Å². The number of para-hydroxylation sites is 1. The summed E-state index contributed by atoms with van der Waals surface area (Å²) in [7, 11) is 0. The van der Waals surface area contributed by atoms with Crippen molar-refractivity contribution in [2.24, 2.45) is 0 Å². The molecular weight excluding hydrogens is 408 g/mol. The second-order valence-electron chi connectivity index (χ2n) is 6.25. The Balaban J connectivity index is 1.80. The standard InChI is InChI=1S/C20H19BrN4O2/c1-13(2)22-19(26)16-8-3-4-9-17(16)23-20(27)18-10-11-25(24-18)15-7-5-6-14(21)12-15/h3-13H,1-2H3,(H,22,26)(H,23,27). The fraction of sp³-hybridized carbons (Fsp3) is 0.150.